The lowest BCUT2D eigenvalue weighted by molar-refractivity contribution is 0.689. The maximum Gasteiger partial charge on any atom is 0.289 e. The fraction of sp³-hybridized carbons (Fsp3) is 0.154. The Bertz CT molecular complexity index is 1390. The quantitative estimate of drug-likeness (QED) is 0.447. The number of benzene rings is 2. The van der Waals surface area contributed by atoms with Crippen LogP contribution in [-0.4, -0.2) is 20.7 Å². The Morgan fingerprint density at radius 2 is 1.78 bits per heavy atom. The molecule has 4 rings (SSSR count). The van der Waals surface area contributed by atoms with Crippen molar-refractivity contribution in [2.24, 2.45) is 5.10 Å². The molecule has 0 aliphatic carbocycles. The summed E-state index contributed by atoms with van der Waals surface area (Å²) in [6, 6.07) is 22.0. The predicted molar refractivity (Wildman–Crippen MR) is 126 cm³/mol. The van der Waals surface area contributed by atoms with Crippen LogP contribution < -0.4 is 5.56 Å². The first-order valence-electron chi connectivity index (χ1n) is 10.3. The van der Waals surface area contributed by atoms with Crippen molar-refractivity contribution in [3.05, 3.63) is 111 Å². The molecule has 0 amide bonds. The van der Waals surface area contributed by atoms with E-state index in [0.717, 1.165) is 22.4 Å². The third-order valence-corrected chi connectivity index (χ3v) is 5.29. The molecule has 32 heavy (non-hydrogen) atoms. The minimum atomic E-state index is -0.421. The second kappa shape index (κ2) is 8.86. The molecule has 0 saturated heterocycles. The number of hydrogen-bond donors (Lipinski definition) is 0. The molecule has 0 bridgehead atoms. The molecule has 0 aliphatic heterocycles. The van der Waals surface area contributed by atoms with Crippen LogP contribution >= 0.6 is 0 Å². The molecular weight excluding hydrogens is 398 g/mol. The molecule has 0 atom stereocenters. The summed E-state index contributed by atoms with van der Waals surface area (Å²) in [7, 11) is 0. The standard InChI is InChI=1S/C26H23N5O/c1-18-9-11-22(12-10-18)25-23(17-30(29-25)16-21-7-5-4-6-8-21)15-28-31-20(3)13-19(2)24(14-27)26(31)32/h4-13,15,17H,16H2,1-3H3/b28-15-. The van der Waals surface area contributed by atoms with Crippen LogP contribution in [0.4, 0.5) is 0 Å². The van der Waals surface area contributed by atoms with Crippen molar-refractivity contribution in [1.29, 1.82) is 5.26 Å². The maximum absolute atomic E-state index is 12.7. The van der Waals surface area contributed by atoms with Crippen LogP contribution in [0.25, 0.3) is 11.3 Å². The average Bonchev–Trinajstić information content (AvgIpc) is 3.17. The van der Waals surface area contributed by atoms with Gasteiger partial charge in [-0.05, 0) is 38.0 Å². The van der Waals surface area contributed by atoms with Gasteiger partial charge in [-0.25, -0.2) is 4.68 Å². The lowest BCUT2D eigenvalue weighted by Gasteiger charge is -2.06. The van der Waals surface area contributed by atoms with Crippen molar-refractivity contribution in [2.75, 3.05) is 0 Å². The first-order valence-corrected chi connectivity index (χ1v) is 10.3. The van der Waals surface area contributed by atoms with E-state index in [1.165, 1.54) is 10.2 Å². The number of hydrogen-bond acceptors (Lipinski definition) is 4. The number of aryl methyl sites for hydroxylation is 3. The summed E-state index contributed by atoms with van der Waals surface area (Å²) in [4.78, 5) is 12.7. The van der Waals surface area contributed by atoms with Crippen LogP contribution in [0.15, 0.2) is 76.8 Å². The third-order valence-electron chi connectivity index (χ3n) is 5.29. The molecule has 0 aliphatic rings. The third kappa shape index (κ3) is 4.28. The smallest absolute Gasteiger partial charge is 0.267 e. The summed E-state index contributed by atoms with van der Waals surface area (Å²) in [6.45, 7) is 6.21. The minimum Gasteiger partial charge on any atom is -0.267 e. The molecule has 0 spiro atoms. The van der Waals surface area contributed by atoms with Crippen molar-refractivity contribution in [1.82, 2.24) is 14.5 Å². The zero-order valence-corrected chi connectivity index (χ0v) is 18.3. The predicted octanol–water partition coefficient (Wildman–Crippen LogP) is 4.44. The Morgan fingerprint density at radius 1 is 1.06 bits per heavy atom. The van der Waals surface area contributed by atoms with Gasteiger partial charge in [0.15, 0.2) is 0 Å². The number of nitrogens with zero attached hydrogens (tertiary/aromatic N) is 5. The zero-order chi connectivity index (χ0) is 22.7. The van der Waals surface area contributed by atoms with Crippen LogP contribution in [0.3, 0.4) is 0 Å². The van der Waals surface area contributed by atoms with E-state index in [4.69, 9.17) is 5.10 Å². The monoisotopic (exact) mass is 421 g/mol. The van der Waals surface area contributed by atoms with Gasteiger partial charge in [-0.15, -0.1) is 0 Å². The van der Waals surface area contributed by atoms with Gasteiger partial charge in [0.05, 0.1) is 12.8 Å². The fourth-order valence-corrected chi connectivity index (χ4v) is 3.60. The van der Waals surface area contributed by atoms with Crippen LogP contribution in [0.1, 0.15) is 33.5 Å². The highest BCUT2D eigenvalue weighted by atomic mass is 16.1. The zero-order valence-electron chi connectivity index (χ0n) is 18.3. The molecule has 6 heteroatoms. The van der Waals surface area contributed by atoms with Gasteiger partial charge in [0.2, 0.25) is 0 Å². The molecule has 158 valence electrons. The summed E-state index contributed by atoms with van der Waals surface area (Å²) in [5.41, 5.74) is 5.83. The average molecular weight is 422 g/mol. The first kappa shape index (κ1) is 21.0. The minimum absolute atomic E-state index is 0.103. The Kier molecular flexibility index (Phi) is 5.82. The van der Waals surface area contributed by atoms with Gasteiger partial charge in [0.1, 0.15) is 17.3 Å². The molecule has 2 heterocycles. The largest absolute Gasteiger partial charge is 0.289 e. The number of nitriles is 1. The lowest BCUT2D eigenvalue weighted by Crippen LogP contribution is -2.22. The summed E-state index contributed by atoms with van der Waals surface area (Å²) in [5.74, 6) is 0. The van der Waals surface area contributed by atoms with E-state index >= 15 is 0 Å². The highest BCUT2D eigenvalue weighted by Gasteiger charge is 2.12. The molecular formula is C26H23N5O. The molecule has 0 fully saturated rings. The summed E-state index contributed by atoms with van der Waals surface area (Å²) in [6.07, 6.45) is 3.56. The molecule has 0 radical (unpaired) electrons. The topological polar surface area (TPSA) is 76.0 Å². The van der Waals surface area contributed by atoms with Gasteiger partial charge in [-0.2, -0.15) is 15.5 Å². The van der Waals surface area contributed by atoms with E-state index in [1.807, 2.05) is 66.3 Å². The number of rotatable bonds is 5. The van der Waals surface area contributed by atoms with Gasteiger partial charge < -0.3 is 0 Å². The van der Waals surface area contributed by atoms with Gasteiger partial charge in [0, 0.05) is 23.0 Å². The molecule has 6 nitrogen and oxygen atoms in total. The Hall–Kier alpha value is -4.24. The van der Waals surface area contributed by atoms with E-state index in [0.29, 0.717) is 17.8 Å². The second-order valence-corrected chi connectivity index (χ2v) is 7.80. The van der Waals surface area contributed by atoms with Gasteiger partial charge in [-0.3, -0.25) is 9.48 Å². The summed E-state index contributed by atoms with van der Waals surface area (Å²) in [5, 5.41) is 18.6. The van der Waals surface area contributed by atoms with Crippen molar-refractivity contribution in [3.63, 3.8) is 0 Å². The molecule has 0 saturated carbocycles. The molecule has 2 aromatic carbocycles. The molecule has 0 unspecified atom stereocenters. The Balaban J connectivity index is 1.78. The van der Waals surface area contributed by atoms with Crippen LogP contribution in [0.2, 0.25) is 0 Å². The molecule has 2 aromatic heterocycles. The van der Waals surface area contributed by atoms with E-state index in [9.17, 15) is 10.1 Å². The van der Waals surface area contributed by atoms with E-state index in [2.05, 4.69) is 17.2 Å². The highest BCUT2D eigenvalue weighted by Crippen LogP contribution is 2.22. The van der Waals surface area contributed by atoms with Gasteiger partial charge in [-0.1, -0.05) is 60.2 Å². The molecule has 4 aromatic rings. The van der Waals surface area contributed by atoms with E-state index in [1.54, 1.807) is 26.1 Å². The second-order valence-electron chi connectivity index (χ2n) is 7.80. The number of pyridine rings is 1. The maximum atomic E-state index is 12.7. The molecule has 0 N–H and O–H groups in total. The fourth-order valence-electron chi connectivity index (χ4n) is 3.60. The highest BCUT2D eigenvalue weighted by molar-refractivity contribution is 5.88. The Labute approximate surface area is 186 Å². The lowest BCUT2D eigenvalue weighted by atomic mass is 10.1. The van der Waals surface area contributed by atoms with E-state index in [-0.39, 0.29) is 5.56 Å². The van der Waals surface area contributed by atoms with Crippen LogP contribution in [-0.2, 0) is 6.54 Å². The number of aromatic nitrogens is 3. The van der Waals surface area contributed by atoms with Crippen LogP contribution in [0, 0.1) is 32.1 Å². The van der Waals surface area contributed by atoms with Crippen molar-refractivity contribution >= 4 is 6.21 Å². The normalized spacial score (nSPS) is 11.1. The summed E-state index contributed by atoms with van der Waals surface area (Å²) >= 11 is 0. The first-order chi connectivity index (χ1) is 15.5. The van der Waals surface area contributed by atoms with Crippen molar-refractivity contribution in [2.45, 2.75) is 27.3 Å². The van der Waals surface area contributed by atoms with Crippen molar-refractivity contribution in [3.8, 4) is 17.3 Å². The van der Waals surface area contributed by atoms with E-state index < -0.39 is 5.56 Å². The SMILES string of the molecule is Cc1ccc(-c2nn(Cc3ccccc3)cc2/C=N\n2c(C)cc(C)c(C#N)c2=O)cc1. The van der Waals surface area contributed by atoms with Gasteiger partial charge >= 0.3 is 0 Å². The van der Waals surface area contributed by atoms with Crippen molar-refractivity contribution < 1.29 is 0 Å². The van der Waals surface area contributed by atoms with Gasteiger partial charge in [0.25, 0.3) is 5.56 Å². The van der Waals surface area contributed by atoms with Crippen LogP contribution in [0.5, 0.6) is 0 Å². The summed E-state index contributed by atoms with van der Waals surface area (Å²) < 4.78 is 3.14. The Morgan fingerprint density at radius 3 is 2.47 bits per heavy atom.